The zero-order chi connectivity index (χ0) is 11.5. The molecule has 0 aromatic carbocycles. The van der Waals surface area contributed by atoms with Gasteiger partial charge < -0.3 is 20.7 Å². The van der Waals surface area contributed by atoms with Gasteiger partial charge in [-0.2, -0.15) is 0 Å². The van der Waals surface area contributed by atoms with Crippen LogP contribution in [0.5, 0.6) is 0 Å². The van der Waals surface area contributed by atoms with E-state index in [4.69, 9.17) is 10.9 Å². The van der Waals surface area contributed by atoms with E-state index in [1.165, 1.54) is 4.90 Å². The molecule has 0 spiro atoms. The number of aromatic nitrogens is 2. The van der Waals surface area contributed by atoms with E-state index < -0.39 is 0 Å². The molecule has 1 aromatic heterocycles. The van der Waals surface area contributed by atoms with Gasteiger partial charge in [0.25, 0.3) is 0 Å². The maximum absolute atomic E-state index is 9.01. The zero-order valence-corrected chi connectivity index (χ0v) is 9.05. The molecule has 0 unspecified atom stereocenters. The molecule has 1 aliphatic heterocycles. The molecule has 1 aromatic rings. The molecule has 4 N–H and O–H groups in total. The quantitative estimate of drug-likeness (QED) is 0.214. The van der Waals surface area contributed by atoms with Gasteiger partial charge in [0.2, 0.25) is 5.84 Å². The van der Waals surface area contributed by atoms with Crippen molar-refractivity contribution in [3.8, 4) is 0 Å². The van der Waals surface area contributed by atoms with Crippen LogP contribution in [0.1, 0.15) is 5.69 Å². The number of anilines is 1. The number of nitrogens with two attached hydrogens (primary N) is 1. The molecule has 1 fully saturated rings. The minimum atomic E-state index is 0.138. The highest BCUT2D eigenvalue weighted by Crippen LogP contribution is 2.09. The molecule has 1 aliphatic rings. The predicted molar refractivity (Wildman–Crippen MR) is 55.2 cm³/mol. The fourth-order valence-electron chi connectivity index (χ4n) is 1.71. The second-order valence-corrected chi connectivity index (χ2v) is 3.87. The molecule has 0 atom stereocenters. The van der Waals surface area contributed by atoms with Crippen LogP contribution in [0.4, 0.5) is 5.82 Å². The number of nitrogens with one attached hydrogen (secondary N) is 1. The third-order valence-corrected chi connectivity index (χ3v) is 2.74. The second kappa shape index (κ2) is 4.35. The van der Waals surface area contributed by atoms with Crippen LogP contribution in [-0.2, 0) is 0 Å². The summed E-state index contributed by atoms with van der Waals surface area (Å²) < 4.78 is 4.49. The third kappa shape index (κ3) is 1.91. The maximum Gasteiger partial charge on any atom is 0.201 e. The zero-order valence-electron chi connectivity index (χ0n) is 9.05. The Labute approximate surface area is 92.3 Å². The van der Waals surface area contributed by atoms with E-state index in [9.17, 15) is 0 Å². The molecular weight excluding hydrogens is 212 g/mol. The first-order valence-electron chi connectivity index (χ1n) is 5.09. The van der Waals surface area contributed by atoms with E-state index >= 15 is 0 Å². The van der Waals surface area contributed by atoms with Crippen molar-refractivity contribution < 1.29 is 14.7 Å². The van der Waals surface area contributed by atoms with Crippen LogP contribution in [0, 0.1) is 0 Å². The van der Waals surface area contributed by atoms with Crippen molar-refractivity contribution in [3.63, 3.8) is 0 Å². The van der Waals surface area contributed by atoms with Crippen LogP contribution >= 0.6 is 0 Å². The Bertz CT molecular complexity index is 382. The van der Waals surface area contributed by atoms with Gasteiger partial charge in [0, 0.05) is 0 Å². The molecule has 2 rings (SSSR count). The van der Waals surface area contributed by atoms with Gasteiger partial charge in [0.15, 0.2) is 11.5 Å². The largest absolute Gasteiger partial charge is 0.409 e. The van der Waals surface area contributed by atoms with E-state index in [1.54, 1.807) is 0 Å². The van der Waals surface area contributed by atoms with Gasteiger partial charge >= 0.3 is 0 Å². The first kappa shape index (κ1) is 10.7. The lowest BCUT2D eigenvalue weighted by Gasteiger charge is -2.30. The molecule has 16 heavy (non-hydrogen) atoms. The highest BCUT2D eigenvalue weighted by atomic mass is 16.6. The smallest absolute Gasteiger partial charge is 0.201 e. The number of likely N-dealkylation sites (N-methyl/N-ethyl adjacent to an activating group) is 1. The Morgan fingerprint density at radius 2 is 2.19 bits per heavy atom. The first-order chi connectivity index (χ1) is 7.72. The summed E-state index contributed by atoms with van der Waals surface area (Å²) in [5.41, 5.74) is 5.85. The summed E-state index contributed by atoms with van der Waals surface area (Å²) in [6.07, 6.45) is 0. The predicted octanol–water partition coefficient (Wildman–Crippen LogP) is -2.38. The van der Waals surface area contributed by atoms with E-state index in [2.05, 4.69) is 27.1 Å². The van der Waals surface area contributed by atoms with E-state index in [0.717, 1.165) is 26.2 Å². The standard InChI is InChI=1S/C8H14N6O2/c1-13-2-4-14(5-3-13)8(10-15)6-7(9)12-16-11-6/h15H,2-5H2,1H3,(H2,9,12)/p+1. The number of hydrogen-bond donors (Lipinski definition) is 3. The third-order valence-electron chi connectivity index (χ3n) is 2.74. The highest BCUT2D eigenvalue weighted by molar-refractivity contribution is 6.00. The van der Waals surface area contributed by atoms with Crippen molar-refractivity contribution in [2.75, 3.05) is 39.0 Å². The number of oxime groups is 1. The highest BCUT2D eigenvalue weighted by Gasteiger charge is 2.25. The van der Waals surface area contributed by atoms with Gasteiger partial charge in [-0.1, -0.05) is 5.16 Å². The van der Waals surface area contributed by atoms with Gasteiger partial charge in [-0.15, -0.1) is 0 Å². The molecule has 2 heterocycles. The number of nitrogens with zero attached hydrogens (tertiary/aromatic N) is 4. The Morgan fingerprint density at radius 3 is 2.69 bits per heavy atom. The van der Waals surface area contributed by atoms with Crippen LogP contribution in [-0.4, -0.2) is 59.5 Å². The van der Waals surface area contributed by atoms with Gasteiger partial charge in [-0.05, 0) is 10.3 Å². The van der Waals surface area contributed by atoms with E-state index in [-0.39, 0.29) is 5.82 Å². The Balaban J connectivity index is 2.15. The fraction of sp³-hybridized carbons (Fsp3) is 0.625. The summed E-state index contributed by atoms with van der Waals surface area (Å²) in [6.45, 7) is 3.53. The molecule has 0 bridgehead atoms. The molecule has 0 radical (unpaired) electrons. The molecule has 88 valence electrons. The summed E-state index contributed by atoms with van der Waals surface area (Å²) >= 11 is 0. The monoisotopic (exact) mass is 227 g/mol. The Kier molecular flexibility index (Phi) is 2.91. The van der Waals surface area contributed by atoms with E-state index in [1.807, 2.05) is 4.90 Å². The molecule has 8 nitrogen and oxygen atoms in total. The first-order valence-corrected chi connectivity index (χ1v) is 5.09. The van der Waals surface area contributed by atoms with Crippen LogP contribution in [0.3, 0.4) is 0 Å². The van der Waals surface area contributed by atoms with Crippen molar-refractivity contribution in [3.05, 3.63) is 5.69 Å². The van der Waals surface area contributed by atoms with Crippen LogP contribution in [0.15, 0.2) is 9.78 Å². The van der Waals surface area contributed by atoms with Crippen molar-refractivity contribution in [2.45, 2.75) is 0 Å². The molecule has 8 heteroatoms. The minimum absolute atomic E-state index is 0.138. The van der Waals surface area contributed by atoms with Crippen LogP contribution in [0.2, 0.25) is 0 Å². The second-order valence-electron chi connectivity index (χ2n) is 3.87. The van der Waals surface area contributed by atoms with Crippen molar-refractivity contribution in [1.29, 1.82) is 0 Å². The summed E-state index contributed by atoms with van der Waals surface area (Å²) in [7, 11) is 2.12. The van der Waals surface area contributed by atoms with Gasteiger partial charge in [0.1, 0.15) is 0 Å². The lowest BCUT2D eigenvalue weighted by atomic mass is 10.3. The minimum Gasteiger partial charge on any atom is -0.409 e. The lowest BCUT2D eigenvalue weighted by molar-refractivity contribution is -0.883. The summed E-state index contributed by atoms with van der Waals surface area (Å²) in [4.78, 5) is 3.36. The number of rotatable bonds is 1. The average molecular weight is 227 g/mol. The molecule has 0 saturated carbocycles. The van der Waals surface area contributed by atoms with Crippen molar-refractivity contribution in [1.82, 2.24) is 15.2 Å². The van der Waals surface area contributed by atoms with Crippen molar-refractivity contribution in [2.24, 2.45) is 5.16 Å². The summed E-state index contributed by atoms with van der Waals surface area (Å²) in [5.74, 6) is 0.463. The lowest BCUT2D eigenvalue weighted by Crippen LogP contribution is -3.12. The molecule has 0 aliphatic carbocycles. The van der Waals surface area contributed by atoms with Gasteiger partial charge in [0.05, 0.1) is 33.2 Å². The number of nitrogen functional groups attached to an aromatic ring is 1. The number of hydrogen-bond acceptors (Lipinski definition) is 6. The Morgan fingerprint density at radius 1 is 1.50 bits per heavy atom. The fourth-order valence-corrected chi connectivity index (χ4v) is 1.71. The van der Waals surface area contributed by atoms with Crippen molar-refractivity contribution >= 4 is 11.7 Å². The summed E-state index contributed by atoms with van der Waals surface area (Å²) in [6, 6.07) is 0. The normalized spacial score (nSPS) is 19.1. The maximum atomic E-state index is 9.01. The summed E-state index contributed by atoms with van der Waals surface area (Å²) in [5, 5.41) is 19.3. The average Bonchev–Trinajstić information content (AvgIpc) is 2.69. The topological polar surface area (TPSA) is 105 Å². The number of amidine groups is 1. The van der Waals surface area contributed by atoms with Gasteiger partial charge in [-0.25, -0.2) is 4.63 Å². The number of quaternary nitrogens is 1. The van der Waals surface area contributed by atoms with Crippen LogP contribution in [0.25, 0.3) is 0 Å². The molecule has 1 saturated heterocycles. The Hall–Kier alpha value is -1.83. The SMILES string of the molecule is C[NH+]1CCN(C(=NO)c2nonc2N)CC1. The number of piperazine rings is 1. The van der Waals surface area contributed by atoms with E-state index in [0.29, 0.717) is 11.5 Å². The van der Waals surface area contributed by atoms with Crippen LogP contribution < -0.4 is 10.6 Å². The molecular formula is C8H15N6O2+. The molecule has 0 amide bonds. The van der Waals surface area contributed by atoms with Gasteiger partial charge in [-0.3, -0.25) is 0 Å².